The Hall–Kier alpha value is -3.64. The summed E-state index contributed by atoms with van der Waals surface area (Å²) >= 11 is 0. The van der Waals surface area contributed by atoms with E-state index in [0.717, 1.165) is 24.0 Å². The number of esters is 2. The molecule has 3 atom stereocenters. The van der Waals surface area contributed by atoms with Crippen LogP contribution in [0.1, 0.15) is 93.3 Å². The van der Waals surface area contributed by atoms with E-state index in [1.807, 2.05) is 79.7 Å². The Kier molecular flexibility index (Phi) is 13.2. The van der Waals surface area contributed by atoms with Gasteiger partial charge in [0.05, 0.1) is 13.7 Å². The van der Waals surface area contributed by atoms with Crippen molar-refractivity contribution in [2.45, 2.75) is 79.1 Å². The van der Waals surface area contributed by atoms with Crippen molar-refractivity contribution in [3.8, 4) is 11.5 Å². The number of carbonyl (C=O) groups is 2. The first-order valence-electron chi connectivity index (χ1n) is 13.5. The van der Waals surface area contributed by atoms with Crippen LogP contribution in [0.15, 0.2) is 72.8 Å². The number of rotatable bonds is 11. The molecule has 0 spiro atoms. The van der Waals surface area contributed by atoms with Crippen LogP contribution in [0, 0.1) is 0 Å². The predicted octanol–water partition coefficient (Wildman–Crippen LogP) is 8.05. The Morgan fingerprint density at radius 1 is 0.795 bits per heavy atom. The average Bonchev–Trinajstić information content (AvgIpc) is 2.96. The minimum Gasteiger partial charge on any atom is -0.465 e. The lowest BCUT2D eigenvalue weighted by atomic mass is 9.96. The van der Waals surface area contributed by atoms with Gasteiger partial charge in [-0.1, -0.05) is 76.2 Å². The second-order valence-electron chi connectivity index (χ2n) is 9.51. The molecule has 3 rings (SSSR count). The minimum absolute atomic E-state index is 0.277. The Morgan fingerprint density at radius 3 is 1.95 bits per heavy atom. The van der Waals surface area contributed by atoms with Crippen molar-refractivity contribution in [2.24, 2.45) is 0 Å². The first-order valence-corrected chi connectivity index (χ1v) is 13.5. The molecule has 0 heterocycles. The van der Waals surface area contributed by atoms with E-state index in [9.17, 15) is 9.59 Å². The largest absolute Gasteiger partial charge is 0.465 e. The third-order valence-corrected chi connectivity index (χ3v) is 6.53. The van der Waals surface area contributed by atoms with Crippen LogP contribution in [0.3, 0.4) is 0 Å². The minimum atomic E-state index is -0.488. The smallest absolute Gasteiger partial charge is 0.341 e. The maximum absolute atomic E-state index is 12.1. The molecule has 0 aliphatic carbocycles. The fourth-order valence-electron chi connectivity index (χ4n) is 3.73. The lowest BCUT2D eigenvalue weighted by molar-refractivity contribution is -0.131. The van der Waals surface area contributed by atoms with E-state index in [4.69, 9.17) is 18.9 Å². The zero-order chi connectivity index (χ0) is 28.8. The van der Waals surface area contributed by atoms with Crippen LogP contribution in [0.4, 0.5) is 0 Å². The van der Waals surface area contributed by atoms with Gasteiger partial charge in [-0.05, 0) is 72.6 Å². The second kappa shape index (κ2) is 16.4. The Balaban J connectivity index is 0.000000322. The van der Waals surface area contributed by atoms with Crippen molar-refractivity contribution >= 4 is 11.9 Å². The highest BCUT2D eigenvalue weighted by atomic mass is 16.7. The van der Waals surface area contributed by atoms with Gasteiger partial charge in [0.25, 0.3) is 0 Å². The first kappa shape index (κ1) is 31.6. The van der Waals surface area contributed by atoms with Crippen LogP contribution in [0.2, 0.25) is 0 Å². The molecule has 39 heavy (non-hydrogen) atoms. The second-order valence-corrected chi connectivity index (χ2v) is 9.51. The molecule has 3 aromatic rings. The molecule has 0 bridgehead atoms. The topological polar surface area (TPSA) is 71.1 Å². The Labute approximate surface area is 233 Å². The molecule has 3 unspecified atom stereocenters. The fraction of sp³-hybridized carbons (Fsp3) is 0.394. The van der Waals surface area contributed by atoms with Crippen LogP contribution < -0.4 is 9.47 Å². The molecule has 0 N–H and O–H groups in total. The monoisotopic (exact) mass is 534 g/mol. The molecule has 210 valence electrons. The summed E-state index contributed by atoms with van der Waals surface area (Å²) in [5.74, 6) is 1.33. The van der Waals surface area contributed by atoms with Gasteiger partial charge >= 0.3 is 11.9 Å². The van der Waals surface area contributed by atoms with Crippen LogP contribution in [0.25, 0.3) is 0 Å². The summed E-state index contributed by atoms with van der Waals surface area (Å²) in [7, 11) is 1.37. The summed E-state index contributed by atoms with van der Waals surface area (Å²) in [6.45, 7) is 12.2. The molecule has 0 aromatic heterocycles. The number of hydrogen-bond acceptors (Lipinski definition) is 6. The average molecular weight is 535 g/mol. The van der Waals surface area contributed by atoms with Crippen LogP contribution in [-0.4, -0.2) is 25.3 Å². The van der Waals surface area contributed by atoms with E-state index >= 15 is 0 Å². The number of benzene rings is 3. The summed E-state index contributed by atoms with van der Waals surface area (Å²) in [4.78, 5) is 22.8. The van der Waals surface area contributed by atoms with E-state index in [1.165, 1.54) is 19.6 Å². The zero-order valence-corrected chi connectivity index (χ0v) is 24.2. The highest BCUT2D eigenvalue weighted by Gasteiger charge is 2.18. The van der Waals surface area contributed by atoms with Crippen molar-refractivity contribution in [1.82, 2.24) is 0 Å². The van der Waals surface area contributed by atoms with Crippen molar-refractivity contribution in [1.29, 1.82) is 0 Å². The molecule has 0 aliphatic heterocycles. The molecule has 0 fully saturated rings. The molecule has 6 nitrogen and oxygen atoms in total. The summed E-state index contributed by atoms with van der Waals surface area (Å²) in [5, 5.41) is 0. The van der Waals surface area contributed by atoms with E-state index in [2.05, 4.69) is 27.7 Å². The van der Waals surface area contributed by atoms with Crippen LogP contribution in [0.5, 0.6) is 11.5 Å². The normalized spacial score (nSPS) is 12.8. The van der Waals surface area contributed by atoms with Gasteiger partial charge in [-0.3, -0.25) is 4.79 Å². The van der Waals surface area contributed by atoms with Gasteiger partial charge in [0.2, 0.25) is 0 Å². The van der Waals surface area contributed by atoms with E-state index < -0.39 is 12.3 Å². The SMILES string of the molecule is CCC(C)c1ccc(OC(C)=O)cc1.CCC(C)c1ccc(OC(C)OCc2ccccc2)c(C(=O)OC)c1. The van der Waals surface area contributed by atoms with Crippen LogP contribution >= 0.6 is 0 Å². The maximum Gasteiger partial charge on any atom is 0.341 e. The van der Waals surface area contributed by atoms with E-state index in [1.54, 1.807) is 0 Å². The van der Waals surface area contributed by atoms with Crippen molar-refractivity contribution < 1.29 is 28.5 Å². The van der Waals surface area contributed by atoms with Gasteiger partial charge in [0, 0.05) is 6.92 Å². The predicted molar refractivity (Wildman–Crippen MR) is 154 cm³/mol. The summed E-state index contributed by atoms with van der Waals surface area (Å²) in [5.41, 5.74) is 3.87. The van der Waals surface area contributed by atoms with Crippen molar-refractivity contribution in [3.05, 3.63) is 95.1 Å². The molecular formula is C33H42O6. The first-order chi connectivity index (χ1) is 18.7. The van der Waals surface area contributed by atoms with Gasteiger partial charge in [-0.25, -0.2) is 4.79 Å². The van der Waals surface area contributed by atoms with Gasteiger partial charge in [-0.2, -0.15) is 0 Å². The van der Waals surface area contributed by atoms with Gasteiger partial charge in [-0.15, -0.1) is 0 Å². The molecule has 0 aliphatic rings. The number of hydrogen-bond donors (Lipinski definition) is 0. The third kappa shape index (κ3) is 10.6. The van der Waals surface area contributed by atoms with E-state index in [-0.39, 0.29) is 5.97 Å². The molecule has 6 heteroatoms. The molecule has 0 amide bonds. The molecular weight excluding hydrogens is 492 g/mol. The highest BCUT2D eigenvalue weighted by molar-refractivity contribution is 5.92. The standard InChI is InChI=1S/C21H26O4.C12H16O2/c1-5-15(2)18-11-12-20(19(13-18)21(22)23-4)25-16(3)24-14-17-9-7-6-8-10-17;1-4-9(2)11-5-7-12(8-6-11)14-10(3)13/h6-13,15-16H,5,14H2,1-4H3;5-9H,4H2,1-3H3. The quantitative estimate of drug-likeness (QED) is 0.141. The molecule has 0 saturated heterocycles. The number of methoxy groups -OCH3 is 1. The lowest BCUT2D eigenvalue weighted by Crippen LogP contribution is -2.18. The number of ether oxygens (including phenoxy) is 4. The summed E-state index contributed by atoms with van der Waals surface area (Å²) < 4.78 is 21.4. The Morgan fingerprint density at radius 2 is 1.38 bits per heavy atom. The van der Waals surface area contributed by atoms with Crippen LogP contribution in [-0.2, 0) is 20.9 Å². The third-order valence-electron chi connectivity index (χ3n) is 6.53. The van der Waals surface area contributed by atoms with Crippen molar-refractivity contribution in [2.75, 3.05) is 7.11 Å². The van der Waals surface area contributed by atoms with Crippen molar-refractivity contribution in [3.63, 3.8) is 0 Å². The van der Waals surface area contributed by atoms with Gasteiger partial charge in [0.1, 0.15) is 17.1 Å². The summed E-state index contributed by atoms with van der Waals surface area (Å²) in [6.07, 6.45) is 1.63. The summed E-state index contributed by atoms with van der Waals surface area (Å²) in [6, 6.07) is 23.2. The number of carbonyl (C=O) groups excluding carboxylic acids is 2. The van der Waals surface area contributed by atoms with E-state index in [0.29, 0.717) is 35.5 Å². The fourth-order valence-corrected chi connectivity index (χ4v) is 3.73. The molecule has 0 saturated carbocycles. The zero-order valence-electron chi connectivity index (χ0n) is 24.2. The lowest BCUT2D eigenvalue weighted by Gasteiger charge is -2.19. The maximum atomic E-state index is 12.1. The van der Waals surface area contributed by atoms with Gasteiger partial charge in [0.15, 0.2) is 6.29 Å². The molecule has 0 radical (unpaired) electrons. The highest BCUT2D eigenvalue weighted by Crippen LogP contribution is 2.28. The Bertz CT molecular complexity index is 1160. The molecule has 3 aromatic carbocycles. The van der Waals surface area contributed by atoms with Gasteiger partial charge < -0.3 is 18.9 Å².